The molecule has 0 unspecified atom stereocenters. The van der Waals surface area contributed by atoms with Crippen LogP contribution in [0.4, 0.5) is 4.79 Å². The van der Waals surface area contributed by atoms with E-state index in [-0.39, 0.29) is 30.9 Å². The van der Waals surface area contributed by atoms with Gasteiger partial charge >= 0.3 is 12.0 Å². The molecular formula is C30H38ClN5O5. The number of rotatable bonds is 12. The summed E-state index contributed by atoms with van der Waals surface area (Å²) < 4.78 is 12.2. The molecule has 0 saturated carbocycles. The van der Waals surface area contributed by atoms with Crippen LogP contribution in [0.15, 0.2) is 40.7 Å². The van der Waals surface area contributed by atoms with Crippen molar-refractivity contribution in [1.82, 2.24) is 24.5 Å². The number of carbonyl (C=O) groups excluding carboxylic acids is 3. The monoisotopic (exact) mass is 583 g/mol. The first-order valence-corrected chi connectivity index (χ1v) is 13.8. The molecule has 4 rings (SSSR count). The van der Waals surface area contributed by atoms with Crippen molar-refractivity contribution in [1.29, 1.82) is 0 Å². The molecule has 0 N–H and O–H groups in total. The zero-order valence-electron chi connectivity index (χ0n) is 24.3. The summed E-state index contributed by atoms with van der Waals surface area (Å²) in [7, 11) is 1.36. The maximum atomic E-state index is 13.6. The van der Waals surface area contributed by atoms with Gasteiger partial charge in [-0.1, -0.05) is 44.0 Å². The lowest BCUT2D eigenvalue weighted by Gasteiger charge is -2.17. The minimum Gasteiger partial charge on any atom is -0.465 e. The van der Waals surface area contributed by atoms with Crippen LogP contribution in [-0.2, 0) is 29.0 Å². The number of carbonyl (C=O) groups is 3. The summed E-state index contributed by atoms with van der Waals surface area (Å²) in [5, 5.41) is 4.02. The van der Waals surface area contributed by atoms with Gasteiger partial charge in [-0.15, -0.1) is 12.4 Å². The minimum absolute atomic E-state index is 0. The van der Waals surface area contributed by atoms with Gasteiger partial charge < -0.3 is 13.8 Å². The van der Waals surface area contributed by atoms with Gasteiger partial charge in [0.25, 0.3) is 5.91 Å². The molecule has 41 heavy (non-hydrogen) atoms. The number of ether oxygens (including phenoxy) is 1. The average molecular weight is 584 g/mol. The van der Waals surface area contributed by atoms with Gasteiger partial charge in [-0.05, 0) is 50.5 Å². The number of imidazole rings is 1. The van der Waals surface area contributed by atoms with Crippen molar-refractivity contribution in [3.05, 3.63) is 75.8 Å². The molecule has 1 aromatic carbocycles. The Hall–Kier alpha value is -3.92. The Labute approximate surface area is 246 Å². The Morgan fingerprint density at radius 2 is 1.73 bits per heavy atom. The van der Waals surface area contributed by atoms with Crippen LogP contribution < -0.4 is 0 Å². The van der Waals surface area contributed by atoms with Crippen LogP contribution in [-0.4, -0.2) is 56.1 Å². The van der Waals surface area contributed by atoms with Gasteiger partial charge in [0.05, 0.1) is 36.8 Å². The highest BCUT2D eigenvalue weighted by Gasteiger charge is 2.41. The lowest BCUT2D eigenvalue weighted by Crippen LogP contribution is -2.33. The number of hydrogen-bond donors (Lipinski definition) is 0. The number of unbranched alkanes of at least 4 members (excludes halogenated alkanes) is 2. The summed E-state index contributed by atoms with van der Waals surface area (Å²) in [5.74, 6) is 0.795. The highest BCUT2D eigenvalue weighted by Crippen LogP contribution is 2.28. The third-order valence-electron chi connectivity index (χ3n) is 7.17. The number of benzene rings is 1. The van der Waals surface area contributed by atoms with Crippen LogP contribution in [0.1, 0.15) is 84.0 Å². The van der Waals surface area contributed by atoms with Crippen molar-refractivity contribution in [3.8, 4) is 0 Å². The van der Waals surface area contributed by atoms with Crippen molar-refractivity contribution in [2.75, 3.05) is 13.7 Å². The van der Waals surface area contributed by atoms with E-state index in [9.17, 15) is 14.4 Å². The molecule has 2 aromatic heterocycles. The Morgan fingerprint density at radius 1 is 1.02 bits per heavy atom. The second kappa shape index (κ2) is 14.1. The largest absolute Gasteiger partial charge is 0.465 e. The normalized spacial score (nSPS) is 14.2. The Bertz CT molecular complexity index is 1390. The Balaban J connectivity index is 0.00000462. The van der Waals surface area contributed by atoms with Crippen molar-refractivity contribution >= 4 is 36.4 Å². The molecule has 0 radical (unpaired) electrons. The van der Waals surface area contributed by atoms with E-state index in [1.54, 1.807) is 31.3 Å². The Kier molecular flexibility index (Phi) is 10.9. The average Bonchev–Trinajstić information content (AvgIpc) is 3.56. The number of methoxy groups -OCH3 is 1. The number of esters is 1. The maximum Gasteiger partial charge on any atom is 0.337 e. The fraction of sp³-hybridized carbons (Fsp3) is 0.433. The summed E-state index contributed by atoms with van der Waals surface area (Å²) in [6.07, 6.45) is 7.86. The number of amides is 3. The first-order valence-electron chi connectivity index (χ1n) is 13.8. The van der Waals surface area contributed by atoms with E-state index in [2.05, 4.69) is 21.6 Å². The molecule has 0 bridgehead atoms. The zero-order valence-corrected chi connectivity index (χ0v) is 25.1. The number of aryl methyl sites for hydroxylation is 3. The van der Waals surface area contributed by atoms with Crippen molar-refractivity contribution < 1.29 is 23.6 Å². The number of aromatic nitrogens is 3. The standard InChI is InChI=1S/C30H37N5O5.ClH/c1-6-8-10-27-31-17-24(34(27)18-22-11-13-23(14-12-22)29(37)39-5)16-26-28(36)33(15-9-7-2)30(38)35(26)19-25-20(3)32-40-21(25)4;/h11-14,16-17H,6-10,15,18-19H2,1-5H3;1H/b26-16-;. The van der Waals surface area contributed by atoms with Crippen molar-refractivity contribution in [2.45, 2.75) is 72.9 Å². The van der Waals surface area contributed by atoms with E-state index in [1.807, 2.05) is 26.0 Å². The molecule has 3 amide bonds. The molecule has 0 aliphatic carbocycles. The van der Waals surface area contributed by atoms with Gasteiger partial charge in [-0.3, -0.25) is 14.6 Å². The smallest absolute Gasteiger partial charge is 0.337 e. The fourth-order valence-corrected chi connectivity index (χ4v) is 4.73. The van der Waals surface area contributed by atoms with Gasteiger partial charge in [-0.2, -0.15) is 0 Å². The number of halogens is 1. The highest BCUT2D eigenvalue weighted by molar-refractivity contribution is 6.13. The van der Waals surface area contributed by atoms with E-state index >= 15 is 0 Å². The van der Waals surface area contributed by atoms with E-state index in [1.165, 1.54) is 16.9 Å². The molecule has 0 spiro atoms. The SMILES string of the molecule is CCCCc1ncc(/C=C2/C(=O)N(CCCC)C(=O)N2Cc2c(C)noc2C)n1Cc1ccc(C(=O)OC)cc1.Cl. The van der Waals surface area contributed by atoms with E-state index in [4.69, 9.17) is 9.26 Å². The van der Waals surface area contributed by atoms with E-state index in [0.29, 0.717) is 35.8 Å². The molecule has 10 nitrogen and oxygen atoms in total. The molecule has 1 aliphatic heterocycles. The van der Waals surface area contributed by atoms with Crippen LogP contribution >= 0.6 is 12.4 Å². The second-order valence-corrected chi connectivity index (χ2v) is 9.99. The summed E-state index contributed by atoms with van der Waals surface area (Å²) >= 11 is 0. The summed E-state index contributed by atoms with van der Waals surface area (Å²) in [4.78, 5) is 46.5. The fourth-order valence-electron chi connectivity index (χ4n) is 4.73. The first kappa shape index (κ1) is 31.6. The molecule has 1 fully saturated rings. The summed E-state index contributed by atoms with van der Waals surface area (Å²) in [6.45, 7) is 8.82. The lowest BCUT2D eigenvalue weighted by molar-refractivity contribution is -0.123. The topological polar surface area (TPSA) is 111 Å². The third kappa shape index (κ3) is 6.87. The molecule has 0 atom stereocenters. The number of hydrogen-bond acceptors (Lipinski definition) is 7. The molecule has 1 aliphatic rings. The minimum atomic E-state index is -0.390. The molecule has 11 heteroatoms. The van der Waals surface area contributed by atoms with Gasteiger partial charge in [-0.25, -0.2) is 14.6 Å². The summed E-state index contributed by atoms with van der Waals surface area (Å²) in [5.41, 5.74) is 3.93. The predicted molar refractivity (Wildman–Crippen MR) is 156 cm³/mol. The molecule has 3 heterocycles. The Morgan fingerprint density at radius 3 is 2.34 bits per heavy atom. The van der Waals surface area contributed by atoms with Gasteiger partial charge in [0.1, 0.15) is 17.3 Å². The zero-order chi connectivity index (χ0) is 28.8. The molecular weight excluding hydrogens is 546 g/mol. The van der Waals surface area contributed by atoms with Gasteiger partial charge in [0, 0.05) is 25.1 Å². The van der Waals surface area contributed by atoms with E-state index < -0.39 is 5.97 Å². The van der Waals surface area contributed by atoms with Crippen molar-refractivity contribution in [3.63, 3.8) is 0 Å². The van der Waals surface area contributed by atoms with Crippen LogP contribution in [0.5, 0.6) is 0 Å². The molecule has 220 valence electrons. The predicted octanol–water partition coefficient (Wildman–Crippen LogP) is 5.69. The maximum absolute atomic E-state index is 13.6. The molecule has 3 aromatic rings. The highest BCUT2D eigenvalue weighted by atomic mass is 35.5. The lowest BCUT2D eigenvalue weighted by atomic mass is 10.1. The van der Waals surface area contributed by atoms with Crippen LogP contribution in [0.25, 0.3) is 6.08 Å². The third-order valence-corrected chi connectivity index (χ3v) is 7.17. The number of imide groups is 1. The first-order chi connectivity index (χ1) is 19.3. The number of urea groups is 1. The van der Waals surface area contributed by atoms with Crippen LogP contribution in [0.2, 0.25) is 0 Å². The molecule has 1 saturated heterocycles. The quantitative estimate of drug-likeness (QED) is 0.153. The van der Waals surface area contributed by atoms with Crippen LogP contribution in [0, 0.1) is 13.8 Å². The van der Waals surface area contributed by atoms with Crippen molar-refractivity contribution in [2.24, 2.45) is 0 Å². The number of nitrogens with zero attached hydrogens (tertiary/aromatic N) is 5. The van der Waals surface area contributed by atoms with E-state index in [0.717, 1.165) is 54.7 Å². The van der Waals surface area contributed by atoms with Gasteiger partial charge in [0.15, 0.2) is 0 Å². The second-order valence-electron chi connectivity index (χ2n) is 9.99. The van der Waals surface area contributed by atoms with Crippen LogP contribution in [0.3, 0.4) is 0 Å². The summed E-state index contributed by atoms with van der Waals surface area (Å²) in [6, 6.07) is 6.89. The van der Waals surface area contributed by atoms with Gasteiger partial charge in [0.2, 0.25) is 0 Å².